The van der Waals surface area contributed by atoms with Crippen molar-refractivity contribution >= 4 is 35.0 Å². The minimum absolute atomic E-state index is 0.138. The Labute approximate surface area is 159 Å². The molecule has 4 saturated carbocycles. The first kappa shape index (κ1) is 17.3. The van der Waals surface area contributed by atoms with Gasteiger partial charge < -0.3 is 10.6 Å². The summed E-state index contributed by atoms with van der Waals surface area (Å²) < 4.78 is 0. The van der Waals surface area contributed by atoms with Crippen LogP contribution in [0.2, 0.25) is 0 Å². The van der Waals surface area contributed by atoms with Gasteiger partial charge in [-0.3, -0.25) is 4.79 Å². The number of amides is 1. The Kier molecular flexibility index (Phi) is 4.80. The van der Waals surface area contributed by atoms with Crippen molar-refractivity contribution in [1.29, 1.82) is 0 Å². The van der Waals surface area contributed by atoms with Crippen LogP contribution in [0, 0.1) is 23.2 Å². The number of carbonyl (C=O) groups excluding carboxylic acids is 1. The summed E-state index contributed by atoms with van der Waals surface area (Å²) in [7, 11) is 0. The normalized spacial score (nSPS) is 32.4. The number of rotatable bonds is 4. The molecular weight excluding hydrogens is 348 g/mol. The van der Waals surface area contributed by atoms with Gasteiger partial charge in [0.1, 0.15) is 0 Å². The average molecular weight is 375 g/mol. The van der Waals surface area contributed by atoms with Crippen LogP contribution >= 0.6 is 24.0 Å². The van der Waals surface area contributed by atoms with Crippen LogP contribution in [0.5, 0.6) is 0 Å². The van der Waals surface area contributed by atoms with E-state index in [4.69, 9.17) is 12.2 Å². The lowest BCUT2D eigenvalue weighted by Crippen LogP contribution is -2.55. The molecule has 0 saturated heterocycles. The van der Waals surface area contributed by atoms with E-state index >= 15 is 0 Å². The van der Waals surface area contributed by atoms with Gasteiger partial charge in [0.25, 0.3) is 0 Å². The van der Waals surface area contributed by atoms with Crippen LogP contribution in [0.15, 0.2) is 29.2 Å². The average Bonchev–Trinajstić information content (AvgIpc) is 2.59. The van der Waals surface area contributed by atoms with Crippen molar-refractivity contribution in [2.45, 2.75) is 50.0 Å². The van der Waals surface area contributed by atoms with Crippen molar-refractivity contribution in [3.63, 3.8) is 0 Å². The maximum Gasteiger partial charge on any atom is 0.232 e. The predicted molar refractivity (Wildman–Crippen MR) is 106 cm³/mol. The number of thioether (sulfide) groups is 1. The Morgan fingerprint density at radius 2 is 1.68 bits per heavy atom. The van der Waals surface area contributed by atoms with Gasteiger partial charge in [0, 0.05) is 11.4 Å². The number of hydrogen-bond donors (Lipinski definition) is 2. The van der Waals surface area contributed by atoms with Crippen molar-refractivity contribution in [2.24, 2.45) is 23.2 Å². The van der Waals surface area contributed by atoms with Crippen LogP contribution in [0.3, 0.4) is 0 Å². The quantitative estimate of drug-likeness (QED) is 0.615. The van der Waals surface area contributed by atoms with Crippen molar-refractivity contribution in [3.8, 4) is 0 Å². The second-order valence-corrected chi connectivity index (χ2v) is 9.47. The minimum Gasteiger partial charge on any atom is -0.358 e. The summed E-state index contributed by atoms with van der Waals surface area (Å²) in [6.45, 7) is 0.647. The van der Waals surface area contributed by atoms with E-state index in [1.54, 1.807) is 11.8 Å². The van der Waals surface area contributed by atoms with Crippen molar-refractivity contribution < 1.29 is 4.79 Å². The molecule has 0 aromatic heterocycles. The lowest BCUT2D eigenvalue weighted by molar-refractivity contribution is -0.144. The van der Waals surface area contributed by atoms with Gasteiger partial charge in [-0.05, 0) is 92.4 Å². The fourth-order valence-corrected chi connectivity index (χ4v) is 6.17. The van der Waals surface area contributed by atoms with Crippen molar-refractivity contribution in [3.05, 3.63) is 29.8 Å². The Balaban J connectivity index is 1.32. The third kappa shape index (κ3) is 3.59. The standard InChI is InChI=1S/C20H26N2OS2/c1-25-17-4-2-13(3-5-17)12-21-19(24)22-18(23)20-9-14-6-15(10-20)8-16(7-14)11-20/h2-5,14-16H,6-12H2,1H3,(H2,21,22,23,24). The Morgan fingerprint density at radius 3 is 2.20 bits per heavy atom. The second-order valence-electron chi connectivity index (χ2n) is 8.18. The molecular formula is C20H26N2OS2. The highest BCUT2D eigenvalue weighted by Crippen LogP contribution is 2.60. The Morgan fingerprint density at radius 1 is 1.12 bits per heavy atom. The zero-order valence-electron chi connectivity index (χ0n) is 14.7. The molecule has 4 aliphatic carbocycles. The molecule has 3 nitrogen and oxygen atoms in total. The van der Waals surface area contributed by atoms with Crippen LogP contribution in [0.4, 0.5) is 0 Å². The van der Waals surface area contributed by atoms with Crippen LogP contribution in [-0.2, 0) is 11.3 Å². The summed E-state index contributed by atoms with van der Waals surface area (Å²) in [5.41, 5.74) is 1.03. The molecule has 4 aliphatic rings. The zero-order chi connectivity index (χ0) is 17.4. The Bertz CT molecular complexity index is 635. The van der Waals surface area contributed by atoms with E-state index in [2.05, 4.69) is 41.2 Å². The lowest BCUT2D eigenvalue weighted by Gasteiger charge is -2.55. The van der Waals surface area contributed by atoms with Crippen LogP contribution in [0.1, 0.15) is 44.1 Å². The van der Waals surface area contributed by atoms with E-state index in [1.165, 1.54) is 29.7 Å². The molecule has 1 aromatic rings. The van der Waals surface area contributed by atoms with E-state index in [9.17, 15) is 4.79 Å². The smallest absolute Gasteiger partial charge is 0.232 e. The zero-order valence-corrected chi connectivity index (χ0v) is 16.3. The molecule has 4 fully saturated rings. The van der Waals surface area contributed by atoms with Crippen LogP contribution < -0.4 is 10.6 Å². The highest BCUT2D eigenvalue weighted by Gasteiger charge is 2.54. The number of benzene rings is 1. The molecule has 2 N–H and O–H groups in total. The molecule has 1 aromatic carbocycles. The topological polar surface area (TPSA) is 41.1 Å². The summed E-state index contributed by atoms with van der Waals surface area (Å²) in [6, 6.07) is 8.42. The van der Waals surface area contributed by atoms with Gasteiger partial charge in [0.15, 0.2) is 5.11 Å². The van der Waals surface area contributed by atoms with Gasteiger partial charge in [-0.1, -0.05) is 12.1 Å². The van der Waals surface area contributed by atoms with Gasteiger partial charge in [-0.2, -0.15) is 0 Å². The SMILES string of the molecule is CSc1ccc(CNC(=S)NC(=O)C23CC4CC(CC(C4)C2)C3)cc1. The van der Waals surface area contributed by atoms with E-state index in [1.807, 2.05) is 0 Å². The Hall–Kier alpha value is -1.07. The van der Waals surface area contributed by atoms with E-state index in [0.29, 0.717) is 11.7 Å². The molecule has 0 radical (unpaired) electrons. The molecule has 25 heavy (non-hydrogen) atoms. The fraction of sp³-hybridized carbons (Fsp3) is 0.600. The summed E-state index contributed by atoms with van der Waals surface area (Å²) in [6.07, 6.45) is 9.34. The maximum absolute atomic E-state index is 13.0. The molecule has 0 atom stereocenters. The van der Waals surface area contributed by atoms with Crippen molar-refractivity contribution in [1.82, 2.24) is 10.6 Å². The largest absolute Gasteiger partial charge is 0.358 e. The first-order chi connectivity index (χ1) is 12.1. The predicted octanol–water partition coefficient (Wildman–Crippen LogP) is 4.12. The van der Waals surface area contributed by atoms with E-state index < -0.39 is 0 Å². The van der Waals surface area contributed by atoms with Gasteiger partial charge in [0.05, 0.1) is 5.41 Å². The van der Waals surface area contributed by atoms with Gasteiger partial charge in [-0.25, -0.2) is 0 Å². The third-order valence-electron chi connectivity index (χ3n) is 6.36. The van der Waals surface area contributed by atoms with Gasteiger partial charge in [0.2, 0.25) is 5.91 Å². The molecule has 5 heteroatoms. The summed E-state index contributed by atoms with van der Waals surface area (Å²) >= 11 is 7.12. The van der Waals surface area contributed by atoms with Gasteiger partial charge >= 0.3 is 0 Å². The molecule has 0 aliphatic heterocycles. The molecule has 0 spiro atoms. The molecule has 0 heterocycles. The molecule has 134 valence electrons. The van der Waals surface area contributed by atoms with E-state index in [-0.39, 0.29) is 11.3 Å². The van der Waals surface area contributed by atoms with E-state index in [0.717, 1.165) is 37.0 Å². The molecule has 0 unspecified atom stereocenters. The molecule has 4 bridgehead atoms. The monoisotopic (exact) mass is 374 g/mol. The number of hydrogen-bond acceptors (Lipinski definition) is 3. The van der Waals surface area contributed by atoms with Crippen LogP contribution in [0.25, 0.3) is 0 Å². The number of thiocarbonyl (C=S) groups is 1. The maximum atomic E-state index is 13.0. The summed E-state index contributed by atoms with van der Waals surface area (Å²) in [5.74, 6) is 2.48. The highest BCUT2D eigenvalue weighted by atomic mass is 32.2. The van der Waals surface area contributed by atoms with Crippen molar-refractivity contribution in [2.75, 3.05) is 6.26 Å². The lowest BCUT2D eigenvalue weighted by atomic mass is 9.49. The first-order valence-corrected chi connectivity index (χ1v) is 10.9. The number of carbonyl (C=O) groups is 1. The first-order valence-electron chi connectivity index (χ1n) is 9.28. The van der Waals surface area contributed by atoms with Gasteiger partial charge in [-0.15, -0.1) is 11.8 Å². The molecule has 5 rings (SSSR count). The summed E-state index contributed by atoms with van der Waals surface area (Å²) in [4.78, 5) is 14.2. The third-order valence-corrected chi connectivity index (χ3v) is 7.35. The summed E-state index contributed by atoms with van der Waals surface area (Å²) in [5, 5.41) is 6.67. The van der Waals surface area contributed by atoms with Crippen LogP contribution in [-0.4, -0.2) is 17.3 Å². The highest BCUT2D eigenvalue weighted by molar-refractivity contribution is 7.98. The second kappa shape index (κ2) is 6.92. The number of nitrogens with one attached hydrogen (secondary N) is 2. The molecule has 1 amide bonds. The fourth-order valence-electron chi connectivity index (χ4n) is 5.59. The minimum atomic E-state index is -0.138.